The minimum atomic E-state index is -1.18. The third-order valence-electron chi connectivity index (χ3n) is 2.37. The Kier molecular flexibility index (Phi) is 4.12. The summed E-state index contributed by atoms with van der Waals surface area (Å²) in [6.45, 7) is 0.277. The van der Waals surface area contributed by atoms with Gasteiger partial charge in [-0.1, -0.05) is 11.5 Å². The maximum atomic E-state index is 10.7. The summed E-state index contributed by atoms with van der Waals surface area (Å²) in [7, 11) is 0. The molecule has 0 heterocycles. The quantitative estimate of drug-likeness (QED) is 0.634. The molecule has 0 radical (unpaired) electrons. The fourth-order valence-corrected chi connectivity index (χ4v) is 1.74. The van der Waals surface area contributed by atoms with E-state index in [0.29, 0.717) is 5.75 Å². The number of carboxylic acid groups (broad SMARTS) is 1. The second-order valence-electron chi connectivity index (χ2n) is 3.73. The van der Waals surface area contributed by atoms with E-state index in [-0.39, 0.29) is 17.9 Å². The van der Waals surface area contributed by atoms with Gasteiger partial charge in [-0.15, -0.1) is 0 Å². The number of phenols is 1. The zero-order valence-electron chi connectivity index (χ0n) is 9.68. The van der Waals surface area contributed by atoms with Crippen LogP contribution >= 0.6 is 22.6 Å². The molecule has 19 heavy (non-hydrogen) atoms. The molecule has 1 aromatic carbocycles. The van der Waals surface area contributed by atoms with Crippen molar-refractivity contribution in [2.24, 2.45) is 0 Å². The molecular formula is C14H9IO4. The van der Waals surface area contributed by atoms with Gasteiger partial charge in [0.05, 0.1) is 3.58 Å². The van der Waals surface area contributed by atoms with E-state index < -0.39 is 5.97 Å². The van der Waals surface area contributed by atoms with Gasteiger partial charge in [-0.3, -0.25) is 0 Å². The van der Waals surface area contributed by atoms with E-state index in [9.17, 15) is 9.90 Å². The molecule has 0 saturated carbocycles. The number of ether oxygens (including phenoxy) is 1. The number of hydrogen-bond donors (Lipinski definition) is 2. The van der Waals surface area contributed by atoms with Crippen LogP contribution in [0.5, 0.6) is 11.5 Å². The highest BCUT2D eigenvalue weighted by Gasteiger charge is 2.10. The Morgan fingerprint density at radius 3 is 2.68 bits per heavy atom. The summed E-state index contributed by atoms with van der Waals surface area (Å²) in [6.07, 6.45) is 3.75. The average molecular weight is 368 g/mol. The molecule has 0 unspecified atom stereocenters. The van der Waals surface area contributed by atoms with Gasteiger partial charge < -0.3 is 14.9 Å². The van der Waals surface area contributed by atoms with E-state index in [4.69, 9.17) is 9.84 Å². The molecule has 2 N–H and O–H groups in total. The molecule has 0 atom stereocenters. The van der Waals surface area contributed by atoms with Crippen LogP contribution in [0.2, 0.25) is 0 Å². The number of allylic oxidation sites excluding steroid dienone is 2. The second-order valence-corrected chi connectivity index (χ2v) is 4.89. The Bertz CT molecular complexity index is 660. The normalized spacial score (nSPS) is 12.9. The molecule has 0 aromatic heterocycles. The third-order valence-corrected chi connectivity index (χ3v) is 3.00. The van der Waals surface area contributed by atoms with Crippen molar-refractivity contribution in [3.05, 3.63) is 56.5 Å². The van der Waals surface area contributed by atoms with Crippen LogP contribution in [0.3, 0.4) is 0 Å². The molecule has 0 bridgehead atoms. The van der Waals surface area contributed by atoms with Gasteiger partial charge in [-0.05, 0) is 46.9 Å². The lowest BCUT2D eigenvalue weighted by Gasteiger charge is -2.07. The third kappa shape index (κ3) is 3.51. The van der Waals surface area contributed by atoms with Gasteiger partial charge in [-0.25, -0.2) is 4.79 Å². The van der Waals surface area contributed by atoms with Crippen LogP contribution in [-0.2, 0) is 0 Å². The monoisotopic (exact) mass is 368 g/mol. The molecule has 1 aliphatic rings. The number of halogens is 1. The highest BCUT2D eigenvalue weighted by atomic mass is 127. The van der Waals surface area contributed by atoms with Gasteiger partial charge in [-0.2, -0.15) is 0 Å². The first kappa shape index (κ1) is 13.5. The molecule has 2 rings (SSSR count). The van der Waals surface area contributed by atoms with Crippen molar-refractivity contribution in [2.75, 3.05) is 6.61 Å². The molecule has 0 saturated heterocycles. The zero-order valence-corrected chi connectivity index (χ0v) is 11.8. The number of aromatic hydroxyl groups is 1. The van der Waals surface area contributed by atoms with Gasteiger partial charge in [0, 0.05) is 11.6 Å². The Morgan fingerprint density at radius 2 is 2.11 bits per heavy atom. The van der Waals surface area contributed by atoms with Crippen LogP contribution in [0.25, 0.3) is 0 Å². The van der Waals surface area contributed by atoms with Crippen LogP contribution in [0.1, 0.15) is 10.4 Å². The van der Waals surface area contributed by atoms with E-state index in [1.807, 2.05) is 12.2 Å². The predicted octanol–water partition coefficient (Wildman–Crippen LogP) is 3.04. The summed E-state index contributed by atoms with van der Waals surface area (Å²) < 4.78 is 6.40. The largest absolute Gasteiger partial charge is 0.507 e. The molecule has 0 fully saturated rings. The molecule has 0 spiro atoms. The summed E-state index contributed by atoms with van der Waals surface area (Å²) in [5.41, 5.74) is 6.53. The van der Waals surface area contributed by atoms with Crippen molar-refractivity contribution in [1.29, 1.82) is 0 Å². The topological polar surface area (TPSA) is 66.8 Å². The second kappa shape index (κ2) is 5.80. The zero-order chi connectivity index (χ0) is 13.8. The highest BCUT2D eigenvalue weighted by Crippen LogP contribution is 2.24. The summed E-state index contributed by atoms with van der Waals surface area (Å²) in [6, 6.07) is 4.08. The number of rotatable bonds is 4. The molecule has 4 nitrogen and oxygen atoms in total. The van der Waals surface area contributed by atoms with Crippen LogP contribution in [-0.4, -0.2) is 22.8 Å². The van der Waals surface area contributed by atoms with Gasteiger partial charge in [0.25, 0.3) is 0 Å². The first-order valence-electron chi connectivity index (χ1n) is 5.34. The molecule has 1 aliphatic carbocycles. The van der Waals surface area contributed by atoms with Crippen molar-refractivity contribution in [1.82, 2.24) is 0 Å². The fourth-order valence-electron chi connectivity index (χ4n) is 1.42. The van der Waals surface area contributed by atoms with Gasteiger partial charge >= 0.3 is 5.97 Å². The van der Waals surface area contributed by atoms with Crippen LogP contribution in [0.4, 0.5) is 0 Å². The number of benzene rings is 1. The maximum absolute atomic E-state index is 10.7. The standard InChI is InChI=1S/C14H9IO4/c15-10-3-1-9(2-4-10)8-19-11-5-6-12(14(17)18)13(16)7-11/h1,3,5-7,16H,8H2,(H,17,18). The minimum absolute atomic E-state index is 0.151. The average Bonchev–Trinajstić information content (AvgIpc) is 2.37. The van der Waals surface area contributed by atoms with Gasteiger partial charge in [0.1, 0.15) is 23.7 Å². The van der Waals surface area contributed by atoms with Crippen LogP contribution in [0, 0.1) is 0 Å². The summed E-state index contributed by atoms with van der Waals surface area (Å²) in [5.74, 6) is -1.10. The smallest absolute Gasteiger partial charge is 0.339 e. The molecular weight excluding hydrogens is 359 g/mol. The van der Waals surface area contributed by atoms with Gasteiger partial charge in [0.2, 0.25) is 0 Å². The highest BCUT2D eigenvalue weighted by molar-refractivity contribution is 14.1. The Morgan fingerprint density at radius 1 is 1.32 bits per heavy atom. The number of carbonyl (C=O) groups is 1. The van der Waals surface area contributed by atoms with E-state index in [2.05, 4.69) is 34.1 Å². The summed E-state index contributed by atoms with van der Waals surface area (Å²) >= 11 is 2.13. The number of hydrogen-bond acceptors (Lipinski definition) is 3. The molecule has 5 heteroatoms. The predicted molar refractivity (Wildman–Crippen MR) is 77.8 cm³/mol. The van der Waals surface area contributed by atoms with Crippen molar-refractivity contribution in [3.63, 3.8) is 0 Å². The van der Waals surface area contributed by atoms with Crippen molar-refractivity contribution < 1.29 is 19.7 Å². The van der Waals surface area contributed by atoms with Crippen molar-refractivity contribution in [3.8, 4) is 11.5 Å². The molecule has 0 aliphatic heterocycles. The lowest BCUT2D eigenvalue weighted by Crippen LogP contribution is -2.01. The first-order chi connectivity index (χ1) is 9.06. The maximum Gasteiger partial charge on any atom is 0.339 e. The number of aromatic carboxylic acids is 1. The van der Waals surface area contributed by atoms with E-state index in [1.165, 1.54) is 18.2 Å². The molecule has 0 amide bonds. The van der Waals surface area contributed by atoms with Crippen LogP contribution < -0.4 is 4.74 Å². The SMILES string of the molecule is O=C(O)c1ccc(OCC2=C=C=C(I)C=C2)cc1O. The fraction of sp³-hybridized carbons (Fsp3) is 0.0714. The lowest BCUT2D eigenvalue weighted by atomic mass is 10.2. The van der Waals surface area contributed by atoms with E-state index in [0.717, 1.165) is 9.15 Å². The lowest BCUT2D eigenvalue weighted by molar-refractivity contribution is 0.0693. The Hall–Kier alpha value is -1.94. The summed E-state index contributed by atoms with van der Waals surface area (Å²) in [5, 5.41) is 18.3. The van der Waals surface area contributed by atoms with Gasteiger partial charge in [0.15, 0.2) is 0 Å². The van der Waals surface area contributed by atoms with Crippen molar-refractivity contribution >= 4 is 28.6 Å². The van der Waals surface area contributed by atoms with E-state index in [1.54, 1.807) is 0 Å². The van der Waals surface area contributed by atoms with Crippen molar-refractivity contribution in [2.45, 2.75) is 0 Å². The molecule has 1 aromatic rings. The Labute approximate surface area is 123 Å². The minimum Gasteiger partial charge on any atom is -0.507 e. The van der Waals surface area contributed by atoms with E-state index >= 15 is 0 Å². The number of carboxylic acids is 1. The summed E-state index contributed by atoms with van der Waals surface area (Å²) in [4.78, 5) is 10.7. The van der Waals surface area contributed by atoms with Crippen LogP contribution in [0.15, 0.2) is 51.0 Å². The Balaban J connectivity index is 2.10. The first-order valence-corrected chi connectivity index (χ1v) is 6.41. The molecule has 96 valence electrons.